The second kappa shape index (κ2) is 11.6. The Morgan fingerprint density at radius 2 is 1.73 bits per heavy atom. The lowest BCUT2D eigenvalue weighted by Crippen LogP contribution is -2.64. The Balaban J connectivity index is 1.92. The maximum absolute atomic E-state index is 9.18. The summed E-state index contributed by atoms with van der Waals surface area (Å²) in [6, 6.07) is 20.0. The highest BCUT2D eigenvalue weighted by Crippen LogP contribution is 2.43. The summed E-state index contributed by atoms with van der Waals surface area (Å²) in [4.78, 5) is 0. The summed E-state index contributed by atoms with van der Waals surface area (Å²) in [5.74, 6) is -1.01. The summed E-state index contributed by atoms with van der Waals surface area (Å²) < 4.78 is 25.3. The molecule has 0 bridgehead atoms. The Kier molecular flexibility index (Phi) is 8.80. The smallest absolute Gasteiger partial charge is 0.163 e. The molecule has 6 nitrogen and oxygen atoms in total. The number of benzene rings is 2. The van der Waals surface area contributed by atoms with Gasteiger partial charge in [0.1, 0.15) is 5.60 Å². The molecular weight excluding hydrogens is 418 g/mol. The molecule has 0 radical (unpaired) electrons. The van der Waals surface area contributed by atoms with Gasteiger partial charge in [-0.25, -0.2) is 0 Å². The van der Waals surface area contributed by atoms with Crippen LogP contribution in [0.1, 0.15) is 38.3 Å². The van der Waals surface area contributed by atoms with Crippen LogP contribution in [0.3, 0.4) is 0 Å². The zero-order valence-electron chi connectivity index (χ0n) is 19.8. The van der Waals surface area contributed by atoms with Crippen molar-refractivity contribution in [1.82, 2.24) is 0 Å². The lowest BCUT2D eigenvalue weighted by Gasteiger charge is -2.53. The van der Waals surface area contributed by atoms with E-state index in [0.717, 1.165) is 16.7 Å². The van der Waals surface area contributed by atoms with Crippen LogP contribution in [-0.4, -0.2) is 42.1 Å². The molecule has 1 N–H and O–H groups in total. The van der Waals surface area contributed by atoms with Crippen molar-refractivity contribution in [3.05, 3.63) is 83.9 Å². The van der Waals surface area contributed by atoms with Gasteiger partial charge in [-0.2, -0.15) is 0 Å². The number of rotatable bonds is 11. The summed E-state index contributed by atoms with van der Waals surface area (Å²) >= 11 is 0. The molecule has 0 aliphatic carbocycles. The first-order valence-electron chi connectivity index (χ1n) is 11.3. The average molecular weight is 454 g/mol. The molecular formula is C27H35NO5. The average Bonchev–Trinajstić information content (AvgIpc) is 2.79. The Bertz CT molecular complexity index is 899. The van der Waals surface area contributed by atoms with Gasteiger partial charge in [0.15, 0.2) is 5.79 Å². The lowest BCUT2D eigenvalue weighted by molar-refractivity contribution is -0.358. The van der Waals surface area contributed by atoms with E-state index in [-0.39, 0.29) is 12.5 Å². The number of hydrogen-bond donors (Lipinski definition) is 1. The summed E-state index contributed by atoms with van der Waals surface area (Å²) in [5.41, 5.74) is 2.15. The number of nitrogens with zero attached hydrogens (tertiary/aromatic N) is 1. The van der Waals surface area contributed by atoms with E-state index in [1.165, 1.54) is 6.21 Å². The second-order valence-electron chi connectivity index (χ2n) is 8.96. The van der Waals surface area contributed by atoms with Crippen LogP contribution in [0.25, 0.3) is 0 Å². The molecule has 1 aliphatic heterocycles. The molecule has 3 rings (SSSR count). The molecule has 0 aromatic heterocycles. The predicted molar refractivity (Wildman–Crippen MR) is 128 cm³/mol. The normalized spacial score (nSPS) is 23.4. The van der Waals surface area contributed by atoms with E-state index >= 15 is 0 Å². The maximum Gasteiger partial charge on any atom is 0.163 e. The van der Waals surface area contributed by atoms with Gasteiger partial charge < -0.3 is 24.2 Å². The molecule has 0 saturated carbocycles. The fraction of sp³-hybridized carbons (Fsp3) is 0.444. The highest BCUT2D eigenvalue weighted by atomic mass is 16.7. The van der Waals surface area contributed by atoms with Gasteiger partial charge >= 0.3 is 0 Å². The second-order valence-corrected chi connectivity index (χ2v) is 8.96. The van der Waals surface area contributed by atoms with Gasteiger partial charge in [-0.1, -0.05) is 72.8 Å². The molecule has 0 unspecified atom stereocenters. The first-order valence-corrected chi connectivity index (χ1v) is 11.3. The minimum Gasteiger partial charge on any atom is -0.411 e. The molecule has 33 heavy (non-hydrogen) atoms. The third-order valence-electron chi connectivity index (χ3n) is 5.90. The molecule has 2 aromatic carbocycles. The van der Waals surface area contributed by atoms with Crippen molar-refractivity contribution in [3.8, 4) is 0 Å². The fourth-order valence-electron chi connectivity index (χ4n) is 4.28. The Morgan fingerprint density at radius 3 is 2.30 bits per heavy atom. The molecule has 1 fully saturated rings. The fourth-order valence-corrected chi connectivity index (χ4v) is 4.28. The third-order valence-corrected chi connectivity index (χ3v) is 5.90. The van der Waals surface area contributed by atoms with E-state index in [0.29, 0.717) is 26.2 Å². The van der Waals surface area contributed by atoms with Gasteiger partial charge in [-0.3, -0.25) is 0 Å². The van der Waals surface area contributed by atoms with Crippen molar-refractivity contribution in [1.29, 1.82) is 0 Å². The van der Waals surface area contributed by atoms with Crippen LogP contribution in [0, 0.1) is 5.92 Å². The first kappa shape index (κ1) is 25.1. The summed E-state index contributed by atoms with van der Waals surface area (Å²) in [6.07, 6.45) is 1.32. The Labute approximate surface area is 196 Å². The highest BCUT2D eigenvalue weighted by molar-refractivity contribution is 5.57. The van der Waals surface area contributed by atoms with Gasteiger partial charge in [0.2, 0.25) is 0 Å². The Morgan fingerprint density at radius 1 is 1.12 bits per heavy atom. The number of hydrogen-bond acceptors (Lipinski definition) is 6. The van der Waals surface area contributed by atoms with E-state index in [9.17, 15) is 5.21 Å². The third kappa shape index (κ3) is 6.74. The number of oxime groups is 1. The lowest BCUT2D eigenvalue weighted by atomic mass is 9.77. The molecule has 178 valence electrons. The minimum absolute atomic E-state index is 0.172. The van der Waals surface area contributed by atoms with Crippen molar-refractivity contribution in [2.24, 2.45) is 11.1 Å². The molecule has 1 saturated heterocycles. The molecule has 6 heteroatoms. The van der Waals surface area contributed by atoms with Crippen LogP contribution in [0.15, 0.2) is 78.0 Å². The first-order chi connectivity index (χ1) is 15.9. The highest BCUT2D eigenvalue weighted by Gasteiger charge is 2.54. The summed E-state index contributed by atoms with van der Waals surface area (Å²) in [5, 5.41) is 12.4. The van der Waals surface area contributed by atoms with E-state index in [2.05, 4.69) is 11.7 Å². The minimum atomic E-state index is -0.891. The summed E-state index contributed by atoms with van der Waals surface area (Å²) in [6.45, 7) is 11.5. The molecule has 0 spiro atoms. The van der Waals surface area contributed by atoms with Crippen molar-refractivity contribution in [2.45, 2.75) is 57.9 Å². The summed E-state index contributed by atoms with van der Waals surface area (Å²) in [7, 11) is 0. The molecule has 2 aromatic rings. The van der Waals surface area contributed by atoms with Gasteiger partial charge in [0.25, 0.3) is 0 Å². The topological polar surface area (TPSA) is 69.5 Å². The SMILES string of the molecule is C=C(C)[C@@H]1COC(C)(C)O[C@@]1(COCc1ccccc1)[C@H](C/C=N/O)OCc1ccccc1. The van der Waals surface area contributed by atoms with Crippen molar-refractivity contribution >= 4 is 6.21 Å². The van der Waals surface area contributed by atoms with Gasteiger partial charge in [-0.15, -0.1) is 5.16 Å². The van der Waals surface area contributed by atoms with Gasteiger partial charge in [-0.05, 0) is 31.9 Å². The van der Waals surface area contributed by atoms with Crippen LogP contribution in [0.4, 0.5) is 0 Å². The monoisotopic (exact) mass is 453 g/mol. The van der Waals surface area contributed by atoms with Crippen molar-refractivity contribution in [2.75, 3.05) is 13.2 Å². The standard InChI is InChI=1S/C27H35NO5/c1-21(2)24-19-32-26(3,4)33-27(24,20-30-17-22-11-7-5-8-12-22)25(15-16-28-29)31-18-23-13-9-6-10-14-23/h5-14,16,24-25,29H,1,15,17-20H2,2-4H3/b28-16+/t24-,25-,27+/m0/s1. The van der Waals surface area contributed by atoms with Crippen LogP contribution in [-0.2, 0) is 32.2 Å². The molecule has 0 amide bonds. The van der Waals surface area contributed by atoms with Crippen LogP contribution in [0.2, 0.25) is 0 Å². The van der Waals surface area contributed by atoms with Crippen LogP contribution in [0.5, 0.6) is 0 Å². The number of ether oxygens (including phenoxy) is 4. The molecule has 3 atom stereocenters. The predicted octanol–water partition coefficient (Wildman–Crippen LogP) is 5.35. The van der Waals surface area contributed by atoms with Crippen molar-refractivity contribution < 1.29 is 24.2 Å². The molecule has 1 heterocycles. The Hall–Kier alpha value is -2.51. The zero-order valence-corrected chi connectivity index (χ0v) is 19.8. The maximum atomic E-state index is 9.18. The van der Waals surface area contributed by atoms with Crippen LogP contribution < -0.4 is 0 Å². The van der Waals surface area contributed by atoms with E-state index in [1.807, 2.05) is 81.4 Å². The van der Waals surface area contributed by atoms with E-state index < -0.39 is 17.5 Å². The largest absolute Gasteiger partial charge is 0.411 e. The van der Waals surface area contributed by atoms with Crippen molar-refractivity contribution in [3.63, 3.8) is 0 Å². The van der Waals surface area contributed by atoms with E-state index in [1.54, 1.807) is 0 Å². The van der Waals surface area contributed by atoms with Gasteiger partial charge in [0.05, 0.1) is 32.5 Å². The quantitative estimate of drug-likeness (QED) is 0.215. The van der Waals surface area contributed by atoms with Gasteiger partial charge in [0, 0.05) is 18.6 Å². The molecule has 1 aliphatic rings. The van der Waals surface area contributed by atoms with Crippen LogP contribution >= 0.6 is 0 Å². The van der Waals surface area contributed by atoms with E-state index in [4.69, 9.17) is 18.9 Å². The zero-order chi connectivity index (χ0) is 23.7.